The third-order valence-electron chi connectivity index (χ3n) is 6.89. The highest BCUT2D eigenvalue weighted by Crippen LogP contribution is 2.45. The van der Waals surface area contributed by atoms with Crippen molar-refractivity contribution in [3.63, 3.8) is 0 Å². The Kier molecular flexibility index (Phi) is 7.50. The van der Waals surface area contributed by atoms with Crippen molar-refractivity contribution in [3.8, 4) is 11.1 Å². The lowest BCUT2D eigenvalue weighted by molar-refractivity contribution is -0.614. The topological polar surface area (TPSA) is 61.1 Å². The van der Waals surface area contributed by atoms with E-state index in [1.165, 1.54) is 19.1 Å². The van der Waals surface area contributed by atoms with Gasteiger partial charge in [-0.05, 0) is 49.3 Å². The Balaban J connectivity index is 1.67. The second-order valence-corrected chi connectivity index (χ2v) is 9.86. The second kappa shape index (κ2) is 10.4. The number of nitrogens with zero attached hydrogens (tertiary/aromatic N) is 1. The molecule has 0 amide bonds. The zero-order valence-electron chi connectivity index (χ0n) is 19.8. The van der Waals surface area contributed by atoms with E-state index in [1.54, 1.807) is 24.3 Å². The minimum atomic E-state index is -2.97. The largest absolute Gasteiger partial charge is 0.618 e. The third kappa shape index (κ3) is 5.46. The number of halogens is 4. The molecule has 4 rings (SSSR count). The van der Waals surface area contributed by atoms with Gasteiger partial charge in [0.2, 0.25) is 5.69 Å². The van der Waals surface area contributed by atoms with E-state index in [2.05, 4.69) is 6.92 Å². The first-order valence-electron chi connectivity index (χ1n) is 11.7. The van der Waals surface area contributed by atoms with Gasteiger partial charge in [-0.2, -0.15) is 4.73 Å². The number of Topliss-reactive ketones (excluding diaryl/α,β-unsaturated/α-hetero) is 2. The Labute approximate surface area is 212 Å². The molecule has 1 heterocycles. The molecule has 0 aliphatic heterocycles. The van der Waals surface area contributed by atoms with E-state index in [1.807, 2.05) is 0 Å². The molecule has 1 aliphatic rings. The number of alkyl halides is 2. The van der Waals surface area contributed by atoms with Crippen LogP contribution in [0, 0.1) is 22.9 Å². The van der Waals surface area contributed by atoms with E-state index in [0.717, 1.165) is 30.3 Å². The fraction of sp³-hybridized carbons (Fsp3) is 0.321. The smallest absolute Gasteiger partial charge is 0.264 e. The molecule has 0 unspecified atom stereocenters. The quantitative estimate of drug-likeness (QED) is 0.178. The number of benzene rings is 2. The van der Waals surface area contributed by atoms with Crippen LogP contribution in [-0.4, -0.2) is 11.6 Å². The first kappa shape index (κ1) is 25.9. The van der Waals surface area contributed by atoms with Crippen LogP contribution in [-0.2, 0) is 11.2 Å². The molecule has 36 heavy (non-hydrogen) atoms. The zero-order chi connectivity index (χ0) is 26.1. The van der Waals surface area contributed by atoms with Crippen LogP contribution in [0.25, 0.3) is 11.1 Å². The Morgan fingerprint density at radius 3 is 2.33 bits per heavy atom. The van der Waals surface area contributed by atoms with Crippen LogP contribution in [0.1, 0.15) is 66.2 Å². The highest BCUT2D eigenvalue weighted by Gasteiger charge is 2.39. The van der Waals surface area contributed by atoms with Gasteiger partial charge in [-0.25, -0.2) is 13.2 Å². The number of ketones is 2. The van der Waals surface area contributed by atoms with Crippen molar-refractivity contribution in [2.75, 3.05) is 0 Å². The van der Waals surface area contributed by atoms with Crippen molar-refractivity contribution in [3.05, 3.63) is 93.2 Å². The lowest BCUT2D eigenvalue weighted by atomic mass is 9.88. The van der Waals surface area contributed by atoms with Crippen LogP contribution >= 0.6 is 11.6 Å². The summed E-state index contributed by atoms with van der Waals surface area (Å²) in [4.78, 5) is 24.9. The summed E-state index contributed by atoms with van der Waals surface area (Å²) in [6.07, 6.45) is -0.426. The molecule has 8 heteroatoms. The van der Waals surface area contributed by atoms with E-state index in [-0.39, 0.29) is 34.3 Å². The predicted molar refractivity (Wildman–Crippen MR) is 131 cm³/mol. The van der Waals surface area contributed by atoms with Crippen molar-refractivity contribution in [2.24, 2.45) is 11.8 Å². The molecule has 0 spiro atoms. The number of hydrogen-bond donors (Lipinski definition) is 0. The van der Waals surface area contributed by atoms with Crippen molar-refractivity contribution >= 4 is 23.2 Å². The lowest BCUT2D eigenvalue weighted by Crippen LogP contribution is -2.36. The predicted octanol–water partition coefficient (Wildman–Crippen LogP) is 6.86. The van der Waals surface area contributed by atoms with E-state index >= 15 is 0 Å². The normalized spacial score (nSPS) is 17.8. The maximum absolute atomic E-state index is 14.7. The summed E-state index contributed by atoms with van der Waals surface area (Å²) in [5, 5.41) is 12.7. The van der Waals surface area contributed by atoms with Gasteiger partial charge < -0.3 is 5.21 Å². The van der Waals surface area contributed by atoms with Gasteiger partial charge in [-0.15, -0.1) is 0 Å². The molecule has 0 saturated heterocycles. The summed E-state index contributed by atoms with van der Waals surface area (Å²) in [6.45, 7) is 3.54. The van der Waals surface area contributed by atoms with E-state index in [0.29, 0.717) is 28.6 Å². The minimum Gasteiger partial charge on any atom is -0.618 e. The number of pyridine rings is 1. The third-order valence-corrected chi connectivity index (χ3v) is 7.19. The molecular formula is C28H25ClF3NO3. The molecule has 3 atom stereocenters. The summed E-state index contributed by atoms with van der Waals surface area (Å²) in [5.74, 6) is -1.23. The van der Waals surface area contributed by atoms with Crippen molar-refractivity contribution < 1.29 is 27.5 Å². The van der Waals surface area contributed by atoms with Gasteiger partial charge in [-0.3, -0.25) is 9.59 Å². The molecule has 1 saturated carbocycles. The van der Waals surface area contributed by atoms with E-state index in [4.69, 9.17) is 11.6 Å². The van der Waals surface area contributed by atoms with Crippen molar-refractivity contribution in [1.29, 1.82) is 0 Å². The molecule has 0 radical (unpaired) electrons. The van der Waals surface area contributed by atoms with E-state index < -0.39 is 29.3 Å². The molecule has 1 aliphatic carbocycles. The van der Waals surface area contributed by atoms with Crippen LogP contribution in [0.3, 0.4) is 0 Å². The molecule has 3 aromatic rings. The number of hydrogen-bond acceptors (Lipinski definition) is 3. The average Bonchev–Trinajstić information content (AvgIpc) is 3.53. The first-order chi connectivity index (χ1) is 17.1. The fourth-order valence-corrected chi connectivity index (χ4v) is 4.74. The Hall–Kier alpha value is -3.19. The van der Waals surface area contributed by atoms with Crippen LogP contribution in [0.15, 0.2) is 54.7 Å². The zero-order valence-corrected chi connectivity index (χ0v) is 20.6. The Bertz CT molecular complexity index is 1310. The Morgan fingerprint density at radius 1 is 1.11 bits per heavy atom. The lowest BCUT2D eigenvalue weighted by Gasteiger charge is -2.17. The summed E-state index contributed by atoms with van der Waals surface area (Å²) in [5.41, 5.74) is 0.393. The minimum absolute atomic E-state index is 0.0464. The first-order valence-corrected chi connectivity index (χ1v) is 12.1. The second-order valence-electron chi connectivity index (χ2n) is 9.45. The van der Waals surface area contributed by atoms with Gasteiger partial charge in [0.15, 0.2) is 17.8 Å². The SMILES string of the molecule is CC(=O)c1ccc(CC(=O)[C@H](C[C@H]2C[C@@H]2C)c2ccc(-c3c(C(F)F)ccc(Cl)c3F)c[n+]2[O-])cc1. The molecule has 1 aromatic heterocycles. The van der Waals surface area contributed by atoms with Gasteiger partial charge in [-0.1, -0.05) is 48.9 Å². The van der Waals surface area contributed by atoms with Gasteiger partial charge in [0.05, 0.1) is 10.6 Å². The standard InChI is InChI=1S/C28H25ClF3NO3/c1-15-11-20(15)13-22(25(35)12-17-3-5-18(6-4-17)16(2)34)24-10-7-19(14-33(24)36)26-21(28(31)32)8-9-23(29)27(26)30/h3-10,14-15,20,22,28H,11-13H2,1-2H3/t15-,20+,22+/m0/s1. The number of rotatable bonds is 9. The maximum Gasteiger partial charge on any atom is 0.264 e. The van der Waals surface area contributed by atoms with Crippen molar-refractivity contribution in [1.82, 2.24) is 0 Å². The maximum atomic E-state index is 14.7. The van der Waals surface area contributed by atoms with Gasteiger partial charge >= 0.3 is 0 Å². The molecular weight excluding hydrogens is 491 g/mol. The number of carbonyl (C=O) groups excluding carboxylic acids is 2. The van der Waals surface area contributed by atoms with Crippen LogP contribution in [0.4, 0.5) is 13.2 Å². The molecule has 0 N–H and O–H groups in total. The molecule has 2 aromatic carbocycles. The van der Waals surface area contributed by atoms with Crippen LogP contribution in [0.5, 0.6) is 0 Å². The summed E-state index contributed by atoms with van der Waals surface area (Å²) in [6, 6.07) is 11.6. The number of carbonyl (C=O) groups is 2. The monoisotopic (exact) mass is 515 g/mol. The van der Waals surface area contributed by atoms with Gasteiger partial charge in [0.1, 0.15) is 11.7 Å². The molecule has 4 nitrogen and oxygen atoms in total. The highest BCUT2D eigenvalue weighted by atomic mass is 35.5. The summed E-state index contributed by atoms with van der Waals surface area (Å²) in [7, 11) is 0. The molecule has 0 bridgehead atoms. The Morgan fingerprint density at radius 2 is 1.78 bits per heavy atom. The summed E-state index contributed by atoms with van der Waals surface area (Å²) < 4.78 is 42.3. The average molecular weight is 516 g/mol. The highest BCUT2D eigenvalue weighted by molar-refractivity contribution is 6.31. The summed E-state index contributed by atoms with van der Waals surface area (Å²) >= 11 is 5.82. The fourth-order valence-electron chi connectivity index (χ4n) is 4.58. The van der Waals surface area contributed by atoms with Crippen LogP contribution in [0.2, 0.25) is 5.02 Å². The van der Waals surface area contributed by atoms with Gasteiger partial charge in [0, 0.05) is 29.2 Å². The molecule has 188 valence electrons. The van der Waals surface area contributed by atoms with Crippen molar-refractivity contribution in [2.45, 2.75) is 45.5 Å². The molecule has 1 fully saturated rings. The number of aromatic nitrogens is 1. The van der Waals surface area contributed by atoms with Gasteiger partial charge in [0.25, 0.3) is 6.43 Å². The van der Waals surface area contributed by atoms with Crippen LogP contribution < -0.4 is 4.73 Å². The van der Waals surface area contributed by atoms with E-state index in [9.17, 15) is 28.0 Å².